The predicted octanol–water partition coefficient (Wildman–Crippen LogP) is 5.48. The van der Waals surface area contributed by atoms with Crippen molar-refractivity contribution in [2.75, 3.05) is 11.4 Å². The van der Waals surface area contributed by atoms with E-state index in [-0.39, 0.29) is 31.6 Å². The SMILES string of the molecule is C[C@@H]1CC/C=C\[C@@H]2C[C@@]2(C(=O)NS(=O)(=O)C2(C)CC2)NC(=O)[C@@H]2C[C@@H](N(C(=O)O)c3ccccc3C(F)(F)F)CN2C(=O)[C@@H](NC(=O)OC(C)(C)C(F)(F)F)[C@H](C)C1. The number of carbonyl (C=O) groups is 5. The third-order valence-electron chi connectivity index (χ3n) is 11.6. The van der Waals surface area contributed by atoms with Gasteiger partial charge in [-0.3, -0.25) is 24.0 Å². The summed E-state index contributed by atoms with van der Waals surface area (Å²) in [5.41, 5.74) is -7.04. The van der Waals surface area contributed by atoms with Crippen molar-refractivity contribution >= 4 is 45.6 Å². The van der Waals surface area contributed by atoms with Crippen LogP contribution in [0.1, 0.15) is 85.1 Å². The Bertz CT molecular complexity index is 1950. The number of para-hydroxylation sites is 1. The topological polar surface area (TPSA) is 192 Å². The molecule has 2 saturated carbocycles. The number of amides is 5. The van der Waals surface area contributed by atoms with Crippen LogP contribution >= 0.6 is 0 Å². The van der Waals surface area contributed by atoms with Crippen molar-refractivity contribution in [2.24, 2.45) is 17.8 Å². The molecule has 1 aromatic carbocycles. The van der Waals surface area contributed by atoms with Crippen molar-refractivity contribution in [1.82, 2.24) is 20.3 Å². The molecule has 4 N–H and O–H groups in total. The largest absolute Gasteiger partial charge is 0.465 e. The summed E-state index contributed by atoms with van der Waals surface area (Å²) in [4.78, 5) is 70.0. The van der Waals surface area contributed by atoms with Gasteiger partial charge in [0.25, 0.3) is 5.91 Å². The normalized spacial score (nSPS) is 29.7. The predicted molar refractivity (Wildman–Crippen MR) is 194 cm³/mol. The number of sulfonamides is 1. The number of carbonyl (C=O) groups excluding carboxylic acids is 4. The lowest BCUT2D eigenvalue weighted by Crippen LogP contribution is -2.59. The molecule has 3 fully saturated rings. The van der Waals surface area contributed by atoms with Crippen molar-refractivity contribution in [3.63, 3.8) is 0 Å². The molecule has 1 aromatic rings. The van der Waals surface area contributed by atoms with E-state index in [9.17, 15) is 63.8 Å². The van der Waals surface area contributed by atoms with Crippen LogP contribution in [0, 0.1) is 17.8 Å². The number of alkyl halides is 6. The summed E-state index contributed by atoms with van der Waals surface area (Å²) >= 11 is 0. The van der Waals surface area contributed by atoms with Crippen molar-refractivity contribution in [2.45, 2.75) is 126 Å². The number of benzene rings is 1. The van der Waals surface area contributed by atoms with E-state index < -0.39 is 122 Å². The first-order valence-corrected chi connectivity index (χ1v) is 20.2. The Morgan fingerprint density at radius 3 is 2.26 bits per heavy atom. The molecule has 58 heavy (non-hydrogen) atoms. The summed E-state index contributed by atoms with van der Waals surface area (Å²) in [6.07, 6.45) is -9.27. The van der Waals surface area contributed by atoms with Crippen LogP contribution < -0.4 is 20.3 Å². The number of nitrogens with zero attached hydrogens (tertiary/aromatic N) is 2. The number of hydrogen-bond donors (Lipinski definition) is 4. The molecular weight excluding hydrogens is 804 g/mol. The fourth-order valence-corrected chi connectivity index (χ4v) is 8.85. The summed E-state index contributed by atoms with van der Waals surface area (Å²) < 4.78 is 115. The van der Waals surface area contributed by atoms with Crippen molar-refractivity contribution in [1.29, 1.82) is 0 Å². The van der Waals surface area contributed by atoms with Crippen LogP contribution in [0.4, 0.5) is 41.6 Å². The molecule has 1 saturated heterocycles. The average molecular weight is 852 g/mol. The lowest BCUT2D eigenvalue weighted by molar-refractivity contribution is -0.244. The van der Waals surface area contributed by atoms with Gasteiger partial charge < -0.3 is 25.4 Å². The first kappa shape index (κ1) is 44.5. The van der Waals surface area contributed by atoms with Crippen LogP contribution in [-0.2, 0) is 35.3 Å². The first-order chi connectivity index (χ1) is 26.6. The van der Waals surface area contributed by atoms with Crippen LogP contribution in [0.3, 0.4) is 0 Å². The molecule has 14 nitrogen and oxygen atoms in total. The second-order valence-corrected chi connectivity index (χ2v) is 18.8. The standard InChI is InChI=1S/C37H47F6N5O9S/c1-20-10-6-7-11-22-18-35(22,30(51)46-58(55,56)34(5)14-15-34)45-28(49)26-17-23(48(32(53)54)25-13-9-8-12-24(25)36(38,39)40)19-47(26)29(50)27(21(2)16-20)44-31(52)57-33(3,4)37(41,42)43/h7-9,11-13,20-23,26-27H,6,10,14-19H2,1-5H3,(H,44,52)(H,45,49)(H,46,51)(H,53,54)/b11-7-/t20-,21-,22-,23-,26+,27+,35-/m1/s1. The van der Waals surface area contributed by atoms with Gasteiger partial charge in [0.2, 0.25) is 27.4 Å². The highest BCUT2D eigenvalue weighted by atomic mass is 32.2. The van der Waals surface area contributed by atoms with Gasteiger partial charge in [0.1, 0.15) is 17.6 Å². The third kappa shape index (κ3) is 9.02. The molecule has 4 aliphatic rings. The van der Waals surface area contributed by atoms with Crippen molar-refractivity contribution in [3.05, 3.63) is 42.0 Å². The number of carboxylic acid groups (broad SMARTS) is 1. The highest BCUT2D eigenvalue weighted by Gasteiger charge is 2.63. The van der Waals surface area contributed by atoms with Crippen molar-refractivity contribution < 1.29 is 68.6 Å². The maximum atomic E-state index is 14.7. The van der Waals surface area contributed by atoms with Crippen LogP contribution in [-0.4, -0.2) is 95.1 Å². The number of allylic oxidation sites excluding steroid dienone is 1. The van der Waals surface area contributed by atoms with E-state index >= 15 is 0 Å². The van der Waals surface area contributed by atoms with Crippen LogP contribution in [0.5, 0.6) is 0 Å². The molecule has 5 rings (SSSR count). The van der Waals surface area contributed by atoms with E-state index in [0.717, 1.165) is 23.1 Å². The molecule has 2 aliphatic carbocycles. The minimum Gasteiger partial charge on any atom is -0.465 e. The fourth-order valence-electron chi connectivity index (χ4n) is 7.54. The zero-order chi connectivity index (χ0) is 43.4. The Morgan fingerprint density at radius 1 is 1.03 bits per heavy atom. The molecule has 0 spiro atoms. The molecule has 2 heterocycles. The molecule has 5 amide bonds. The minimum atomic E-state index is -5.04. The number of rotatable bonds is 7. The monoisotopic (exact) mass is 851 g/mol. The number of hydrogen-bond acceptors (Lipinski definition) is 8. The third-order valence-corrected chi connectivity index (χ3v) is 13.8. The molecule has 0 unspecified atom stereocenters. The molecule has 0 aromatic heterocycles. The van der Waals surface area contributed by atoms with Gasteiger partial charge in [0.05, 0.1) is 22.0 Å². The number of ether oxygens (including phenoxy) is 1. The molecule has 21 heteroatoms. The number of alkyl carbamates (subject to hydrolysis) is 1. The van der Waals surface area contributed by atoms with Gasteiger partial charge in [-0.25, -0.2) is 18.0 Å². The molecule has 322 valence electrons. The van der Waals surface area contributed by atoms with Gasteiger partial charge in [-0.15, -0.1) is 0 Å². The van der Waals surface area contributed by atoms with Gasteiger partial charge in [-0.05, 0) is 89.7 Å². The maximum absolute atomic E-state index is 14.7. The number of anilines is 1. The highest BCUT2D eigenvalue weighted by molar-refractivity contribution is 7.91. The van der Waals surface area contributed by atoms with Gasteiger partial charge in [-0.2, -0.15) is 26.3 Å². The van der Waals surface area contributed by atoms with Crippen LogP contribution in [0.2, 0.25) is 0 Å². The summed E-state index contributed by atoms with van der Waals surface area (Å²) in [6.45, 7) is 5.20. The van der Waals surface area contributed by atoms with Crippen LogP contribution in [0.15, 0.2) is 36.4 Å². The summed E-state index contributed by atoms with van der Waals surface area (Å²) in [5.74, 6) is -5.03. The van der Waals surface area contributed by atoms with E-state index in [1.165, 1.54) is 13.8 Å². The Labute approximate surface area is 331 Å². The van der Waals surface area contributed by atoms with E-state index in [2.05, 4.69) is 20.1 Å². The van der Waals surface area contributed by atoms with Gasteiger partial charge >= 0.3 is 24.5 Å². The highest BCUT2D eigenvalue weighted by Crippen LogP contribution is 2.48. The summed E-state index contributed by atoms with van der Waals surface area (Å²) in [7, 11) is -4.21. The zero-order valence-electron chi connectivity index (χ0n) is 32.4. The second kappa shape index (κ2) is 15.6. The molecule has 0 bridgehead atoms. The number of fused-ring (bicyclic) bond motifs is 2. The first-order valence-electron chi connectivity index (χ1n) is 18.7. The lowest BCUT2D eigenvalue weighted by Gasteiger charge is -2.34. The molecule has 7 atom stereocenters. The fraction of sp³-hybridized carbons (Fsp3) is 0.649. The van der Waals surface area contributed by atoms with Gasteiger partial charge in [0, 0.05) is 12.5 Å². The van der Waals surface area contributed by atoms with E-state index in [1.807, 2.05) is 6.92 Å². The van der Waals surface area contributed by atoms with Crippen LogP contribution in [0.25, 0.3) is 0 Å². The summed E-state index contributed by atoms with van der Waals surface area (Å²) in [5, 5.41) is 15.1. The smallest absolute Gasteiger partial charge is 0.427 e. The zero-order valence-corrected chi connectivity index (χ0v) is 33.2. The average Bonchev–Trinajstić information content (AvgIpc) is 3.97. The Hall–Kier alpha value is -4.56. The van der Waals surface area contributed by atoms with Crippen molar-refractivity contribution in [3.8, 4) is 0 Å². The maximum Gasteiger partial charge on any atom is 0.427 e. The minimum absolute atomic E-state index is 0.0742. The lowest BCUT2D eigenvalue weighted by atomic mass is 9.88. The number of halogens is 6. The van der Waals surface area contributed by atoms with Gasteiger partial charge in [0.15, 0.2) is 0 Å². The Morgan fingerprint density at radius 2 is 1.67 bits per heavy atom. The second-order valence-electron chi connectivity index (χ2n) is 16.6. The Kier molecular flexibility index (Phi) is 11.9. The summed E-state index contributed by atoms with van der Waals surface area (Å²) in [6, 6.07) is -1.27. The van der Waals surface area contributed by atoms with E-state index in [0.29, 0.717) is 37.7 Å². The van der Waals surface area contributed by atoms with Gasteiger partial charge in [-0.1, -0.05) is 38.1 Å². The molecule has 2 aliphatic heterocycles. The molecular formula is C37H47F6N5O9S. The van der Waals surface area contributed by atoms with E-state index in [4.69, 9.17) is 0 Å². The van der Waals surface area contributed by atoms with E-state index in [1.54, 1.807) is 12.2 Å². The number of nitrogens with one attached hydrogen (secondary N) is 3. The Balaban J connectivity index is 1.58. The molecule has 0 radical (unpaired) electrons. The quantitative estimate of drug-likeness (QED) is 0.203.